The third kappa shape index (κ3) is 5.26. The lowest BCUT2D eigenvalue weighted by atomic mass is 10.1. The zero-order chi connectivity index (χ0) is 18.2. The van der Waals surface area contributed by atoms with Gasteiger partial charge in [-0.2, -0.15) is 0 Å². The van der Waals surface area contributed by atoms with Crippen LogP contribution in [0.15, 0.2) is 48.5 Å². The number of carbonyl (C=O) groups excluding carboxylic acids is 1. The van der Waals surface area contributed by atoms with Gasteiger partial charge in [-0.25, -0.2) is 0 Å². The summed E-state index contributed by atoms with van der Waals surface area (Å²) in [7, 11) is 3.33. The number of amides is 1. The summed E-state index contributed by atoms with van der Waals surface area (Å²) in [4.78, 5) is 13.9. The molecule has 0 saturated carbocycles. The molecule has 132 valence electrons. The molecule has 0 aliphatic carbocycles. The highest BCUT2D eigenvalue weighted by Gasteiger charge is 2.11. The van der Waals surface area contributed by atoms with Crippen LogP contribution in [0.5, 0.6) is 11.5 Å². The van der Waals surface area contributed by atoms with Crippen LogP contribution in [0, 0.1) is 0 Å². The SMILES string of the molecule is CCOc1c(Cl)cc(C=CC(=O)N(C)Cc2ccccc2)cc1OC. The van der Waals surface area contributed by atoms with Crippen molar-refractivity contribution < 1.29 is 14.3 Å². The molecule has 0 bridgehead atoms. The highest BCUT2D eigenvalue weighted by atomic mass is 35.5. The van der Waals surface area contributed by atoms with Crippen LogP contribution in [0.3, 0.4) is 0 Å². The molecule has 0 atom stereocenters. The van der Waals surface area contributed by atoms with E-state index in [0.29, 0.717) is 29.7 Å². The number of hydrogen-bond donors (Lipinski definition) is 0. The number of likely N-dealkylation sites (N-methyl/N-ethyl adjacent to an activating group) is 1. The summed E-state index contributed by atoms with van der Waals surface area (Å²) < 4.78 is 10.8. The fraction of sp³-hybridized carbons (Fsp3) is 0.250. The maximum absolute atomic E-state index is 12.3. The van der Waals surface area contributed by atoms with Gasteiger partial charge in [0.15, 0.2) is 11.5 Å². The van der Waals surface area contributed by atoms with Crippen molar-refractivity contribution >= 4 is 23.6 Å². The quantitative estimate of drug-likeness (QED) is 0.687. The van der Waals surface area contributed by atoms with Crippen molar-refractivity contribution in [3.8, 4) is 11.5 Å². The lowest BCUT2D eigenvalue weighted by Crippen LogP contribution is -2.24. The van der Waals surface area contributed by atoms with E-state index in [4.69, 9.17) is 21.1 Å². The molecule has 0 heterocycles. The summed E-state index contributed by atoms with van der Waals surface area (Å²) in [5.74, 6) is 0.961. The average molecular weight is 360 g/mol. The Morgan fingerprint density at radius 2 is 1.96 bits per heavy atom. The van der Waals surface area contributed by atoms with Gasteiger partial charge in [0.2, 0.25) is 5.91 Å². The Bertz CT molecular complexity index is 744. The second-order valence-electron chi connectivity index (χ2n) is 5.48. The number of ether oxygens (including phenoxy) is 2. The third-order valence-corrected chi connectivity index (χ3v) is 3.88. The summed E-state index contributed by atoms with van der Waals surface area (Å²) in [5.41, 5.74) is 1.85. The molecule has 1 amide bonds. The Labute approximate surface area is 153 Å². The van der Waals surface area contributed by atoms with Gasteiger partial charge in [0.1, 0.15) is 0 Å². The van der Waals surface area contributed by atoms with E-state index < -0.39 is 0 Å². The maximum atomic E-state index is 12.3. The molecule has 5 heteroatoms. The van der Waals surface area contributed by atoms with Crippen molar-refractivity contribution in [2.24, 2.45) is 0 Å². The van der Waals surface area contributed by atoms with Gasteiger partial charge >= 0.3 is 0 Å². The van der Waals surface area contributed by atoms with Crippen molar-refractivity contribution in [3.05, 3.63) is 64.7 Å². The van der Waals surface area contributed by atoms with Crippen molar-refractivity contribution in [2.75, 3.05) is 20.8 Å². The van der Waals surface area contributed by atoms with E-state index in [1.165, 1.54) is 6.08 Å². The van der Waals surface area contributed by atoms with Crippen LogP contribution in [0.25, 0.3) is 6.08 Å². The minimum Gasteiger partial charge on any atom is -0.493 e. The zero-order valence-corrected chi connectivity index (χ0v) is 15.4. The van der Waals surface area contributed by atoms with E-state index in [1.54, 1.807) is 37.3 Å². The number of hydrogen-bond acceptors (Lipinski definition) is 3. The molecule has 0 N–H and O–H groups in total. The maximum Gasteiger partial charge on any atom is 0.246 e. The molecule has 0 spiro atoms. The first-order valence-corrected chi connectivity index (χ1v) is 8.40. The predicted molar refractivity (Wildman–Crippen MR) is 101 cm³/mol. The minimum absolute atomic E-state index is 0.0900. The molecule has 4 nitrogen and oxygen atoms in total. The lowest BCUT2D eigenvalue weighted by Gasteiger charge is -2.15. The summed E-state index contributed by atoms with van der Waals surface area (Å²) >= 11 is 6.24. The number of methoxy groups -OCH3 is 1. The van der Waals surface area contributed by atoms with Crippen LogP contribution in [0.4, 0.5) is 0 Å². The van der Waals surface area contributed by atoms with E-state index in [1.807, 2.05) is 37.3 Å². The highest BCUT2D eigenvalue weighted by Crippen LogP contribution is 2.36. The smallest absolute Gasteiger partial charge is 0.246 e. The zero-order valence-electron chi connectivity index (χ0n) is 14.7. The first kappa shape index (κ1) is 18.9. The van der Waals surface area contributed by atoms with Gasteiger partial charge in [0, 0.05) is 19.7 Å². The van der Waals surface area contributed by atoms with Crippen LogP contribution < -0.4 is 9.47 Å². The first-order valence-electron chi connectivity index (χ1n) is 8.02. The van der Waals surface area contributed by atoms with Gasteiger partial charge in [0.25, 0.3) is 0 Å². The monoisotopic (exact) mass is 359 g/mol. The van der Waals surface area contributed by atoms with Crippen LogP contribution in [0.2, 0.25) is 5.02 Å². The van der Waals surface area contributed by atoms with Gasteiger partial charge in [-0.05, 0) is 36.3 Å². The molecular formula is C20H22ClNO3. The normalized spacial score (nSPS) is 10.7. The summed E-state index contributed by atoms with van der Waals surface area (Å²) in [6.45, 7) is 2.93. The predicted octanol–water partition coefficient (Wildman–Crippen LogP) is 4.42. The van der Waals surface area contributed by atoms with Crippen molar-refractivity contribution in [2.45, 2.75) is 13.5 Å². The molecule has 0 aliphatic rings. The van der Waals surface area contributed by atoms with E-state index in [9.17, 15) is 4.79 Å². The number of benzene rings is 2. The van der Waals surface area contributed by atoms with Gasteiger partial charge in [0.05, 0.1) is 18.7 Å². The lowest BCUT2D eigenvalue weighted by molar-refractivity contribution is -0.125. The molecule has 2 aromatic rings. The van der Waals surface area contributed by atoms with Crippen LogP contribution in [-0.4, -0.2) is 31.6 Å². The topological polar surface area (TPSA) is 38.8 Å². The number of carbonyl (C=O) groups is 1. The molecule has 0 unspecified atom stereocenters. The Kier molecular flexibility index (Phi) is 6.90. The van der Waals surface area contributed by atoms with E-state index in [-0.39, 0.29) is 5.91 Å². The second kappa shape index (κ2) is 9.14. The fourth-order valence-electron chi connectivity index (χ4n) is 2.35. The Morgan fingerprint density at radius 1 is 1.24 bits per heavy atom. The minimum atomic E-state index is -0.0900. The molecule has 2 aromatic carbocycles. The van der Waals surface area contributed by atoms with E-state index >= 15 is 0 Å². The van der Waals surface area contributed by atoms with Gasteiger partial charge < -0.3 is 14.4 Å². The van der Waals surface area contributed by atoms with Gasteiger partial charge in [-0.3, -0.25) is 4.79 Å². The molecule has 2 rings (SSSR count). The number of halogens is 1. The summed E-state index contributed by atoms with van der Waals surface area (Å²) in [6.07, 6.45) is 3.24. The summed E-state index contributed by atoms with van der Waals surface area (Å²) in [5, 5.41) is 0.450. The van der Waals surface area contributed by atoms with Crippen LogP contribution in [0.1, 0.15) is 18.1 Å². The standard InChI is InChI=1S/C20H22ClNO3/c1-4-25-20-17(21)12-16(13-18(20)24-3)10-11-19(23)22(2)14-15-8-6-5-7-9-15/h5-13H,4,14H2,1-3H3. The van der Waals surface area contributed by atoms with Crippen LogP contribution >= 0.6 is 11.6 Å². The number of rotatable bonds is 7. The molecule has 0 radical (unpaired) electrons. The van der Waals surface area contributed by atoms with Crippen LogP contribution in [-0.2, 0) is 11.3 Å². The highest BCUT2D eigenvalue weighted by molar-refractivity contribution is 6.32. The fourth-order valence-corrected chi connectivity index (χ4v) is 2.62. The van der Waals surface area contributed by atoms with Crippen molar-refractivity contribution in [1.82, 2.24) is 4.90 Å². The first-order chi connectivity index (χ1) is 12.0. The molecule has 0 saturated heterocycles. The van der Waals surface area contributed by atoms with Gasteiger partial charge in [-0.1, -0.05) is 41.9 Å². The molecule has 0 fully saturated rings. The summed E-state index contributed by atoms with van der Waals surface area (Å²) in [6, 6.07) is 13.4. The Morgan fingerprint density at radius 3 is 2.60 bits per heavy atom. The largest absolute Gasteiger partial charge is 0.493 e. The van der Waals surface area contributed by atoms with Crippen molar-refractivity contribution in [1.29, 1.82) is 0 Å². The third-order valence-electron chi connectivity index (χ3n) is 3.60. The number of nitrogens with zero attached hydrogens (tertiary/aromatic N) is 1. The average Bonchev–Trinajstić information content (AvgIpc) is 2.62. The van der Waals surface area contributed by atoms with Crippen molar-refractivity contribution in [3.63, 3.8) is 0 Å². The Balaban J connectivity index is 2.10. The molecule has 0 aromatic heterocycles. The molecule has 25 heavy (non-hydrogen) atoms. The van der Waals surface area contributed by atoms with E-state index in [2.05, 4.69) is 0 Å². The second-order valence-corrected chi connectivity index (χ2v) is 5.89. The molecular weight excluding hydrogens is 338 g/mol. The molecule has 0 aliphatic heterocycles. The Hall–Kier alpha value is -2.46. The van der Waals surface area contributed by atoms with E-state index in [0.717, 1.165) is 11.1 Å². The van der Waals surface area contributed by atoms with Gasteiger partial charge in [-0.15, -0.1) is 0 Å².